The van der Waals surface area contributed by atoms with Crippen LogP contribution in [0.4, 0.5) is 0 Å². The van der Waals surface area contributed by atoms with Crippen molar-refractivity contribution in [3.05, 3.63) is 64.4 Å². The monoisotopic (exact) mass is 350 g/mol. The van der Waals surface area contributed by atoms with Crippen LogP contribution in [-0.4, -0.2) is 24.9 Å². The third-order valence-electron chi connectivity index (χ3n) is 4.19. The molecule has 25 heavy (non-hydrogen) atoms. The van der Waals surface area contributed by atoms with Crippen molar-refractivity contribution in [1.29, 1.82) is 0 Å². The van der Waals surface area contributed by atoms with Crippen LogP contribution in [0.25, 0.3) is 22.4 Å². The lowest BCUT2D eigenvalue weighted by Gasteiger charge is -2.13. The van der Waals surface area contributed by atoms with Gasteiger partial charge in [0, 0.05) is 5.75 Å². The van der Waals surface area contributed by atoms with Gasteiger partial charge in [0.25, 0.3) is 5.56 Å². The van der Waals surface area contributed by atoms with Crippen molar-refractivity contribution in [2.24, 2.45) is 0 Å². The number of aromatic nitrogens is 4. The van der Waals surface area contributed by atoms with E-state index in [-0.39, 0.29) is 5.56 Å². The molecule has 0 atom stereocenters. The number of rotatable bonds is 4. The van der Waals surface area contributed by atoms with Crippen molar-refractivity contribution in [2.75, 3.05) is 5.75 Å². The molecule has 0 spiro atoms. The molecule has 4 rings (SSSR count). The van der Waals surface area contributed by atoms with Gasteiger partial charge in [-0.2, -0.15) is 0 Å². The molecule has 0 aliphatic heterocycles. The van der Waals surface area contributed by atoms with E-state index in [9.17, 15) is 4.79 Å². The summed E-state index contributed by atoms with van der Waals surface area (Å²) in [6.45, 7) is 4.13. The Kier molecular flexibility index (Phi) is 4.05. The van der Waals surface area contributed by atoms with Gasteiger partial charge in [-0.3, -0.25) is 9.20 Å². The largest absolute Gasteiger partial charge is 0.268 e. The summed E-state index contributed by atoms with van der Waals surface area (Å²) < 4.78 is 3.66. The first-order chi connectivity index (χ1) is 12.2. The van der Waals surface area contributed by atoms with E-state index in [0.717, 1.165) is 34.1 Å². The van der Waals surface area contributed by atoms with Gasteiger partial charge in [0.15, 0.2) is 5.16 Å². The average molecular weight is 350 g/mol. The Balaban J connectivity index is 2.15. The highest BCUT2D eigenvalue weighted by Crippen LogP contribution is 2.24. The second kappa shape index (κ2) is 6.37. The van der Waals surface area contributed by atoms with Crippen molar-refractivity contribution < 1.29 is 0 Å². The minimum Gasteiger partial charge on any atom is -0.268 e. The Hall–Kier alpha value is -2.60. The molecule has 126 valence electrons. The molecule has 0 radical (unpaired) electrons. The van der Waals surface area contributed by atoms with Crippen molar-refractivity contribution in [1.82, 2.24) is 19.2 Å². The van der Waals surface area contributed by atoms with E-state index in [4.69, 9.17) is 0 Å². The summed E-state index contributed by atoms with van der Waals surface area (Å²) in [5, 5.41) is 10.2. The van der Waals surface area contributed by atoms with Crippen LogP contribution >= 0.6 is 11.8 Å². The summed E-state index contributed by atoms with van der Waals surface area (Å²) >= 11 is 1.66. The fraction of sp³-hybridized carbons (Fsp3) is 0.211. The molecule has 2 heterocycles. The Morgan fingerprint density at radius 3 is 2.60 bits per heavy atom. The molecule has 0 saturated carbocycles. The summed E-state index contributed by atoms with van der Waals surface area (Å²) in [5.41, 5.74) is 2.63. The second-order valence-electron chi connectivity index (χ2n) is 5.91. The van der Waals surface area contributed by atoms with Gasteiger partial charge >= 0.3 is 0 Å². The minimum atomic E-state index is -0.0724. The first-order valence-electron chi connectivity index (χ1n) is 8.30. The number of hydrogen-bond acceptors (Lipinski definition) is 4. The maximum absolute atomic E-state index is 13.2. The number of para-hydroxylation sites is 2. The van der Waals surface area contributed by atoms with Gasteiger partial charge < -0.3 is 0 Å². The van der Waals surface area contributed by atoms with Crippen LogP contribution in [0.1, 0.15) is 18.9 Å². The van der Waals surface area contributed by atoms with E-state index >= 15 is 0 Å². The Bertz CT molecular complexity index is 1130. The third-order valence-corrected chi connectivity index (χ3v) is 5.32. The quantitative estimate of drug-likeness (QED) is 0.525. The van der Waals surface area contributed by atoms with Crippen molar-refractivity contribution in [3.8, 4) is 5.69 Å². The van der Waals surface area contributed by atoms with Gasteiger partial charge in [-0.1, -0.05) is 49.0 Å². The number of hydrogen-bond donors (Lipinski definition) is 0. The minimum absolute atomic E-state index is 0.0724. The third kappa shape index (κ3) is 2.53. The SMILES string of the molecule is CCCSc1nnc2n(-c3ccccc3C)c(=O)c3ccccc3n12. The number of benzene rings is 2. The average Bonchev–Trinajstić information content (AvgIpc) is 3.05. The molecule has 5 nitrogen and oxygen atoms in total. The predicted octanol–water partition coefficient (Wildman–Crippen LogP) is 3.84. The van der Waals surface area contributed by atoms with Gasteiger partial charge in [0.05, 0.1) is 16.6 Å². The van der Waals surface area contributed by atoms with Gasteiger partial charge in [-0.25, -0.2) is 4.57 Å². The molecule has 0 unspecified atom stereocenters. The van der Waals surface area contributed by atoms with E-state index < -0.39 is 0 Å². The van der Waals surface area contributed by atoms with Crippen molar-refractivity contribution in [2.45, 2.75) is 25.4 Å². The smallest absolute Gasteiger partial charge is 0.267 e. The number of nitrogens with zero attached hydrogens (tertiary/aromatic N) is 4. The molecule has 0 N–H and O–H groups in total. The normalized spacial score (nSPS) is 11.4. The Morgan fingerprint density at radius 2 is 1.80 bits per heavy atom. The molecule has 0 bridgehead atoms. The molecule has 0 aliphatic carbocycles. The van der Waals surface area contributed by atoms with Gasteiger partial charge in [0.1, 0.15) is 0 Å². The number of fused-ring (bicyclic) bond motifs is 3. The van der Waals surface area contributed by atoms with Crippen LogP contribution in [0.3, 0.4) is 0 Å². The zero-order valence-electron chi connectivity index (χ0n) is 14.1. The number of thioether (sulfide) groups is 1. The molecule has 0 amide bonds. The molecule has 0 aliphatic rings. The summed E-state index contributed by atoms with van der Waals surface area (Å²) in [6.07, 6.45) is 1.05. The lowest BCUT2D eigenvalue weighted by atomic mass is 10.2. The van der Waals surface area contributed by atoms with E-state index in [1.165, 1.54) is 0 Å². The molecular formula is C19H18N4OS. The molecule has 2 aromatic carbocycles. The van der Waals surface area contributed by atoms with E-state index in [1.807, 2.05) is 59.9 Å². The molecule has 6 heteroatoms. The van der Waals surface area contributed by atoms with Crippen LogP contribution in [0.2, 0.25) is 0 Å². The summed E-state index contributed by atoms with van der Waals surface area (Å²) in [7, 11) is 0. The van der Waals surface area contributed by atoms with Gasteiger partial charge in [-0.05, 0) is 37.1 Å². The molecule has 4 aromatic rings. The van der Waals surface area contributed by atoms with Crippen LogP contribution in [0.15, 0.2) is 58.5 Å². The fourth-order valence-corrected chi connectivity index (χ4v) is 3.79. The molecular weight excluding hydrogens is 332 g/mol. The van der Waals surface area contributed by atoms with Gasteiger partial charge in [-0.15, -0.1) is 10.2 Å². The lowest BCUT2D eigenvalue weighted by molar-refractivity contribution is 0.925. The summed E-state index contributed by atoms with van der Waals surface area (Å²) in [5.74, 6) is 1.51. The van der Waals surface area contributed by atoms with Crippen molar-refractivity contribution >= 4 is 28.4 Å². The Morgan fingerprint density at radius 1 is 1.04 bits per heavy atom. The highest BCUT2D eigenvalue weighted by Gasteiger charge is 2.18. The van der Waals surface area contributed by atoms with Crippen LogP contribution in [0, 0.1) is 6.92 Å². The zero-order valence-corrected chi connectivity index (χ0v) is 15.0. The predicted molar refractivity (Wildman–Crippen MR) is 102 cm³/mol. The number of aryl methyl sites for hydroxylation is 1. The topological polar surface area (TPSA) is 52.2 Å². The summed E-state index contributed by atoms with van der Waals surface area (Å²) in [6, 6.07) is 15.5. The molecule has 0 fully saturated rings. The summed E-state index contributed by atoms with van der Waals surface area (Å²) in [4.78, 5) is 13.2. The fourth-order valence-electron chi connectivity index (χ4n) is 3.00. The highest BCUT2D eigenvalue weighted by atomic mass is 32.2. The van der Waals surface area contributed by atoms with E-state index in [1.54, 1.807) is 16.3 Å². The van der Waals surface area contributed by atoms with Crippen LogP contribution in [-0.2, 0) is 0 Å². The lowest BCUT2D eigenvalue weighted by Crippen LogP contribution is -2.22. The maximum Gasteiger partial charge on any atom is 0.267 e. The zero-order chi connectivity index (χ0) is 17.4. The highest BCUT2D eigenvalue weighted by molar-refractivity contribution is 7.99. The van der Waals surface area contributed by atoms with Crippen molar-refractivity contribution in [3.63, 3.8) is 0 Å². The second-order valence-corrected chi connectivity index (χ2v) is 6.97. The molecule has 0 saturated heterocycles. The van der Waals surface area contributed by atoms with Gasteiger partial charge in [0.2, 0.25) is 5.78 Å². The first kappa shape index (κ1) is 15.9. The van der Waals surface area contributed by atoms with Crippen LogP contribution in [0.5, 0.6) is 0 Å². The Labute approximate surface area is 149 Å². The van der Waals surface area contributed by atoms with E-state index in [2.05, 4.69) is 17.1 Å². The van der Waals surface area contributed by atoms with Crippen LogP contribution < -0.4 is 5.56 Å². The van der Waals surface area contributed by atoms with E-state index in [0.29, 0.717) is 11.2 Å². The standard InChI is InChI=1S/C19H18N4OS/c1-3-12-25-19-21-20-18-22(15-10-6-4-8-13(15)2)17(24)14-9-5-7-11-16(14)23(18)19/h4-11H,3,12H2,1-2H3. The maximum atomic E-state index is 13.2. The molecule has 2 aromatic heterocycles. The first-order valence-corrected chi connectivity index (χ1v) is 9.28.